The number of pyridine rings is 1. The lowest BCUT2D eigenvalue weighted by Crippen LogP contribution is -2.34. The summed E-state index contributed by atoms with van der Waals surface area (Å²) in [6.07, 6.45) is 3.43. The van der Waals surface area contributed by atoms with Crippen LogP contribution >= 0.6 is 22.9 Å². The molecule has 6 nitrogen and oxygen atoms in total. The number of halogens is 1. The van der Waals surface area contributed by atoms with E-state index in [0.29, 0.717) is 22.4 Å². The number of fused-ring (bicyclic) bond motifs is 1. The minimum Gasteiger partial charge on any atom is -0.497 e. The second-order valence-electron chi connectivity index (χ2n) is 6.41. The molecule has 1 amide bonds. The minimum atomic E-state index is -0.208. The van der Waals surface area contributed by atoms with Crippen molar-refractivity contribution >= 4 is 44.2 Å². The zero-order chi connectivity index (χ0) is 20.9. The van der Waals surface area contributed by atoms with Crippen LogP contribution in [0.3, 0.4) is 0 Å². The van der Waals surface area contributed by atoms with Crippen LogP contribution < -0.4 is 14.4 Å². The first kappa shape index (κ1) is 20.1. The van der Waals surface area contributed by atoms with Crippen LogP contribution in [0.1, 0.15) is 5.56 Å². The Morgan fingerprint density at radius 1 is 1.13 bits per heavy atom. The smallest absolute Gasteiger partial charge is 0.267 e. The Bertz CT molecular complexity index is 1150. The highest BCUT2D eigenvalue weighted by molar-refractivity contribution is 7.22. The summed E-state index contributed by atoms with van der Waals surface area (Å²) < 4.78 is 11.7. The van der Waals surface area contributed by atoms with Crippen LogP contribution in [-0.2, 0) is 11.3 Å². The average molecular weight is 440 g/mol. The van der Waals surface area contributed by atoms with E-state index in [-0.39, 0.29) is 12.5 Å². The molecule has 8 heteroatoms. The Kier molecular flexibility index (Phi) is 6.11. The normalized spacial score (nSPS) is 10.7. The van der Waals surface area contributed by atoms with E-state index in [2.05, 4.69) is 9.97 Å². The molecule has 4 aromatic rings. The predicted molar refractivity (Wildman–Crippen MR) is 119 cm³/mol. The number of hydrogen-bond donors (Lipinski definition) is 0. The second kappa shape index (κ2) is 9.11. The van der Waals surface area contributed by atoms with Crippen molar-refractivity contribution in [2.75, 3.05) is 18.6 Å². The predicted octanol–water partition coefficient (Wildman–Crippen LogP) is 4.97. The van der Waals surface area contributed by atoms with Crippen molar-refractivity contribution in [3.8, 4) is 11.5 Å². The molecule has 0 aliphatic heterocycles. The number of benzene rings is 2. The number of ether oxygens (including phenoxy) is 2. The number of carbonyl (C=O) groups is 1. The molecular weight excluding hydrogens is 422 g/mol. The Morgan fingerprint density at radius 2 is 1.93 bits per heavy atom. The molecule has 4 rings (SSSR count). The van der Waals surface area contributed by atoms with Crippen molar-refractivity contribution in [3.05, 3.63) is 77.6 Å². The lowest BCUT2D eigenvalue weighted by molar-refractivity contribution is -0.120. The molecule has 0 aliphatic carbocycles. The van der Waals surface area contributed by atoms with Crippen LogP contribution in [0, 0.1) is 0 Å². The number of hydrogen-bond acceptors (Lipinski definition) is 6. The van der Waals surface area contributed by atoms with E-state index in [1.165, 1.54) is 11.3 Å². The van der Waals surface area contributed by atoms with Crippen LogP contribution in [0.2, 0.25) is 5.02 Å². The lowest BCUT2D eigenvalue weighted by atomic mass is 10.2. The van der Waals surface area contributed by atoms with Crippen molar-refractivity contribution in [2.24, 2.45) is 0 Å². The Labute approximate surface area is 182 Å². The lowest BCUT2D eigenvalue weighted by Gasteiger charge is -2.20. The first-order chi connectivity index (χ1) is 14.6. The first-order valence-electron chi connectivity index (χ1n) is 9.14. The fourth-order valence-electron chi connectivity index (χ4n) is 2.83. The summed E-state index contributed by atoms with van der Waals surface area (Å²) in [5, 5.41) is 1.21. The van der Waals surface area contributed by atoms with Crippen LogP contribution in [0.5, 0.6) is 11.5 Å². The highest BCUT2D eigenvalue weighted by atomic mass is 35.5. The van der Waals surface area contributed by atoms with Gasteiger partial charge in [0.25, 0.3) is 5.91 Å². The highest BCUT2D eigenvalue weighted by Crippen LogP contribution is 2.31. The molecule has 0 saturated heterocycles. The molecule has 0 atom stereocenters. The van der Waals surface area contributed by atoms with Gasteiger partial charge < -0.3 is 9.47 Å². The molecule has 152 valence electrons. The van der Waals surface area contributed by atoms with Crippen molar-refractivity contribution < 1.29 is 14.3 Å². The number of methoxy groups -OCH3 is 1. The molecule has 0 saturated carbocycles. The summed E-state index contributed by atoms with van der Waals surface area (Å²) in [5.74, 6) is 1.10. The van der Waals surface area contributed by atoms with Gasteiger partial charge in [-0.05, 0) is 54.1 Å². The van der Waals surface area contributed by atoms with Crippen LogP contribution in [-0.4, -0.2) is 29.6 Å². The Morgan fingerprint density at radius 3 is 2.67 bits per heavy atom. The van der Waals surface area contributed by atoms with Crippen LogP contribution in [0.4, 0.5) is 5.13 Å². The summed E-state index contributed by atoms with van der Waals surface area (Å²) in [4.78, 5) is 23.5. The van der Waals surface area contributed by atoms with Crippen LogP contribution in [0.15, 0.2) is 67.0 Å². The van der Waals surface area contributed by atoms with Crippen molar-refractivity contribution in [2.45, 2.75) is 6.54 Å². The standard InChI is InChI=1S/C22H18ClN3O3S/c1-28-17-5-7-18(8-6-17)29-14-21(27)26(13-15-3-2-10-24-12-15)22-25-19-9-4-16(23)11-20(19)30-22/h2-12H,13-14H2,1H3. The van der Waals surface area contributed by atoms with E-state index in [1.807, 2.05) is 24.3 Å². The third-order valence-electron chi connectivity index (χ3n) is 4.36. The third-order valence-corrected chi connectivity index (χ3v) is 5.63. The third kappa shape index (κ3) is 4.69. The molecule has 0 bridgehead atoms. The topological polar surface area (TPSA) is 64.6 Å². The summed E-state index contributed by atoms with van der Waals surface area (Å²) in [7, 11) is 1.60. The van der Waals surface area contributed by atoms with Gasteiger partial charge in [-0.25, -0.2) is 4.98 Å². The molecule has 2 aromatic heterocycles. The van der Waals surface area contributed by atoms with E-state index in [9.17, 15) is 4.79 Å². The fraction of sp³-hybridized carbons (Fsp3) is 0.136. The van der Waals surface area contributed by atoms with Crippen molar-refractivity contribution in [1.29, 1.82) is 0 Å². The van der Waals surface area contributed by atoms with Gasteiger partial charge >= 0.3 is 0 Å². The van der Waals surface area contributed by atoms with E-state index in [0.717, 1.165) is 21.5 Å². The van der Waals surface area contributed by atoms with Gasteiger partial charge in [0.05, 0.1) is 23.9 Å². The molecule has 0 N–H and O–H groups in total. The Hall–Kier alpha value is -3.16. The number of nitrogens with zero attached hydrogens (tertiary/aromatic N) is 3. The van der Waals surface area contributed by atoms with Gasteiger partial charge in [0.2, 0.25) is 0 Å². The SMILES string of the molecule is COc1ccc(OCC(=O)N(Cc2cccnc2)c2nc3ccc(Cl)cc3s2)cc1. The van der Waals surface area contributed by atoms with E-state index in [4.69, 9.17) is 21.1 Å². The number of aromatic nitrogens is 2. The number of carbonyl (C=O) groups excluding carboxylic acids is 1. The first-order valence-corrected chi connectivity index (χ1v) is 10.3. The molecule has 2 aromatic carbocycles. The summed E-state index contributed by atoms with van der Waals surface area (Å²) >= 11 is 7.51. The monoisotopic (exact) mass is 439 g/mol. The summed E-state index contributed by atoms with van der Waals surface area (Å²) in [6, 6.07) is 16.3. The quantitative estimate of drug-likeness (QED) is 0.407. The molecule has 0 fully saturated rings. The van der Waals surface area contributed by atoms with E-state index < -0.39 is 0 Å². The van der Waals surface area contributed by atoms with Gasteiger partial charge in [-0.3, -0.25) is 14.7 Å². The molecule has 30 heavy (non-hydrogen) atoms. The minimum absolute atomic E-state index is 0.122. The zero-order valence-corrected chi connectivity index (χ0v) is 17.7. The molecule has 0 unspecified atom stereocenters. The summed E-state index contributed by atoms with van der Waals surface area (Å²) in [6.45, 7) is 0.218. The van der Waals surface area contributed by atoms with Gasteiger partial charge in [0, 0.05) is 17.4 Å². The molecule has 0 radical (unpaired) electrons. The number of thiazole rings is 1. The maximum atomic E-state index is 13.1. The van der Waals surface area contributed by atoms with E-state index in [1.54, 1.807) is 54.7 Å². The Balaban J connectivity index is 1.57. The fourth-order valence-corrected chi connectivity index (χ4v) is 4.09. The van der Waals surface area contributed by atoms with Crippen LogP contribution in [0.25, 0.3) is 10.2 Å². The highest BCUT2D eigenvalue weighted by Gasteiger charge is 2.21. The van der Waals surface area contributed by atoms with Crippen molar-refractivity contribution in [3.63, 3.8) is 0 Å². The molecular formula is C22H18ClN3O3S. The average Bonchev–Trinajstić information content (AvgIpc) is 3.19. The summed E-state index contributed by atoms with van der Waals surface area (Å²) in [5.41, 5.74) is 1.69. The molecule has 2 heterocycles. The second-order valence-corrected chi connectivity index (χ2v) is 7.86. The number of anilines is 1. The van der Waals surface area contributed by atoms with Gasteiger partial charge in [-0.2, -0.15) is 0 Å². The van der Waals surface area contributed by atoms with Crippen molar-refractivity contribution in [1.82, 2.24) is 9.97 Å². The van der Waals surface area contributed by atoms with E-state index >= 15 is 0 Å². The largest absolute Gasteiger partial charge is 0.497 e. The maximum absolute atomic E-state index is 13.1. The van der Waals surface area contributed by atoms with Gasteiger partial charge in [-0.15, -0.1) is 0 Å². The van der Waals surface area contributed by atoms with Gasteiger partial charge in [0.15, 0.2) is 11.7 Å². The zero-order valence-electron chi connectivity index (χ0n) is 16.1. The van der Waals surface area contributed by atoms with Gasteiger partial charge in [0.1, 0.15) is 11.5 Å². The molecule has 0 spiro atoms. The maximum Gasteiger partial charge on any atom is 0.267 e. The van der Waals surface area contributed by atoms with Gasteiger partial charge in [-0.1, -0.05) is 29.0 Å². The number of rotatable bonds is 7. The number of amides is 1. The molecule has 0 aliphatic rings.